The summed E-state index contributed by atoms with van der Waals surface area (Å²) in [7, 11) is -8.82. The molecule has 0 aromatic heterocycles. The summed E-state index contributed by atoms with van der Waals surface area (Å²) < 4.78 is 239. The van der Waals surface area contributed by atoms with E-state index in [9.17, 15) is 83.6 Å². The fourth-order valence-electron chi connectivity index (χ4n) is 1.36. The predicted octanol–water partition coefficient (Wildman–Crippen LogP) is 6.76. The number of alkyl halides is 18. The second-order valence-corrected chi connectivity index (χ2v) is 7.59. The molecular formula is C9H3F18O2P. The minimum Gasteiger partial charge on any atom is -0.286 e. The highest BCUT2D eigenvalue weighted by Crippen LogP contribution is 2.72. The van der Waals surface area contributed by atoms with Gasteiger partial charge in [-0.25, -0.2) is 8.78 Å². The zero-order chi connectivity index (χ0) is 25.0. The van der Waals surface area contributed by atoms with Crippen LogP contribution in [0.5, 0.6) is 0 Å². The van der Waals surface area contributed by atoms with E-state index in [1.807, 2.05) is 0 Å². The zero-order valence-electron chi connectivity index (χ0n) is 12.9. The molecule has 0 radical (unpaired) electrons. The van der Waals surface area contributed by atoms with Crippen molar-refractivity contribution in [1.29, 1.82) is 0 Å². The van der Waals surface area contributed by atoms with Crippen molar-refractivity contribution in [3.05, 3.63) is 0 Å². The zero-order valence-corrected chi connectivity index (χ0v) is 13.7. The van der Waals surface area contributed by atoms with Crippen LogP contribution in [0.3, 0.4) is 0 Å². The van der Waals surface area contributed by atoms with Gasteiger partial charge in [-0.15, -0.1) is 0 Å². The summed E-state index contributed by atoms with van der Waals surface area (Å²) in [6.07, 6.45) is -32.9. The maximum atomic E-state index is 13.3. The average Bonchev–Trinajstić information content (AvgIpc) is 2.42. The summed E-state index contributed by atoms with van der Waals surface area (Å²) in [5.41, 5.74) is -7.69. The predicted molar refractivity (Wildman–Crippen MR) is 56.4 cm³/mol. The molecule has 1 atom stereocenters. The molecule has 0 aromatic rings. The summed E-state index contributed by atoms with van der Waals surface area (Å²) in [6, 6.07) is 0. The van der Waals surface area contributed by atoms with Gasteiger partial charge in [-0.1, -0.05) is 0 Å². The van der Waals surface area contributed by atoms with Gasteiger partial charge in [-0.2, -0.15) is 70.2 Å². The van der Waals surface area contributed by atoms with E-state index in [4.69, 9.17) is 0 Å². The van der Waals surface area contributed by atoms with Crippen molar-refractivity contribution < 1.29 is 88.1 Å². The summed E-state index contributed by atoms with van der Waals surface area (Å²) in [4.78, 5) is 0. The molecule has 0 aliphatic carbocycles. The lowest BCUT2D eigenvalue weighted by Gasteiger charge is -2.37. The Morgan fingerprint density at radius 3 is 1.30 bits per heavy atom. The van der Waals surface area contributed by atoms with Gasteiger partial charge in [0.25, 0.3) is 7.37 Å². The largest absolute Gasteiger partial charge is 0.483 e. The Balaban J connectivity index is 6.70. The maximum Gasteiger partial charge on any atom is 0.483 e. The van der Waals surface area contributed by atoms with Gasteiger partial charge < -0.3 is 0 Å². The van der Waals surface area contributed by atoms with Crippen LogP contribution in [0.2, 0.25) is 0 Å². The highest BCUT2D eigenvalue weighted by molar-refractivity contribution is 7.60. The lowest BCUT2D eigenvalue weighted by molar-refractivity contribution is -0.366. The highest BCUT2D eigenvalue weighted by atomic mass is 31.2. The number of halogens is 18. The van der Waals surface area contributed by atoms with Crippen LogP contribution in [0.1, 0.15) is 0 Å². The second kappa shape index (κ2) is 7.51. The van der Waals surface area contributed by atoms with E-state index < -0.39 is 61.8 Å². The van der Waals surface area contributed by atoms with Crippen LogP contribution in [-0.2, 0) is 9.09 Å². The molecular weight excluding hydrogens is 513 g/mol. The minimum absolute atomic E-state index is 1.67. The van der Waals surface area contributed by atoms with Crippen LogP contribution in [0.15, 0.2) is 0 Å². The topological polar surface area (TPSA) is 26.3 Å². The molecule has 0 rings (SSSR count). The number of hydrogen-bond acceptors (Lipinski definition) is 2. The van der Waals surface area contributed by atoms with E-state index in [1.165, 1.54) is 0 Å². The highest BCUT2D eigenvalue weighted by Gasteiger charge is 2.81. The Hall–Kier alpha value is -1.07. The first-order valence-corrected chi connectivity index (χ1v) is 8.02. The Morgan fingerprint density at radius 2 is 1.03 bits per heavy atom. The summed E-state index contributed by atoms with van der Waals surface area (Å²) in [6.45, 7) is 0. The van der Waals surface area contributed by atoms with Crippen LogP contribution >= 0.6 is 7.37 Å². The molecule has 182 valence electrons. The first-order chi connectivity index (χ1) is 12.6. The third-order valence-electron chi connectivity index (χ3n) is 2.92. The van der Waals surface area contributed by atoms with Crippen molar-refractivity contribution in [2.75, 3.05) is 6.16 Å². The van der Waals surface area contributed by atoms with E-state index in [-0.39, 0.29) is 0 Å². The van der Waals surface area contributed by atoms with Crippen LogP contribution < -0.4 is 0 Å². The molecule has 0 spiro atoms. The lowest BCUT2D eigenvalue weighted by Crippen LogP contribution is -2.59. The Bertz CT molecular complexity index is 660. The van der Waals surface area contributed by atoms with Gasteiger partial charge >= 0.3 is 48.3 Å². The molecule has 1 unspecified atom stereocenters. The number of rotatable bonds is 8. The molecule has 0 amide bonds. The summed E-state index contributed by atoms with van der Waals surface area (Å²) >= 11 is 0. The van der Waals surface area contributed by atoms with Gasteiger partial charge in [0, 0.05) is 0 Å². The van der Waals surface area contributed by atoms with Gasteiger partial charge in [0.05, 0.1) is 0 Å². The van der Waals surface area contributed by atoms with Crippen LogP contribution in [0.25, 0.3) is 0 Å². The van der Waals surface area contributed by atoms with Gasteiger partial charge in [0.1, 0.15) is 6.16 Å². The van der Waals surface area contributed by atoms with Crippen molar-refractivity contribution in [1.82, 2.24) is 0 Å². The Kier molecular flexibility index (Phi) is 7.24. The maximum absolute atomic E-state index is 13.3. The van der Waals surface area contributed by atoms with Gasteiger partial charge in [0.15, 0.2) is 0 Å². The Morgan fingerprint density at radius 1 is 0.667 bits per heavy atom. The smallest absolute Gasteiger partial charge is 0.286 e. The first-order valence-electron chi connectivity index (χ1n) is 6.21. The fraction of sp³-hybridized carbons (Fsp3) is 1.00. The van der Waals surface area contributed by atoms with Crippen LogP contribution in [-0.4, -0.2) is 54.5 Å². The lowest BCUT2D eigenvalue weighted by atomic mass is 10.1. The third-order valence-corrected chi connectivity index (χ3v) is 5.37. The van der Waals surface area contributed by atoms with Crippen LogP contribution in [0.4, 0.5) is 79.0 Å². The van der Waals surface area contributed by atoms with Crippen molar-refractivity contribution in [2.24, 2.45) is 0 Å². The monoisotopic (exact) mass is 516 g/mol. The number of hydrogen-bond donors (Lipinski definition) is 0. The SMILES string of the molecule is O=P(CC(F)(F)C(F)(F)C(F)(F)C(F)F)(OC(F)(F)C(F)(F)F)C(F)(F)C(F)(F)F. The van der Waals surface area contributed by atoms with E-state index in [0.29, 0.717) is 0 Å². The molecule has 0 saturated carbocycles. The molecule has 30 heavy (non-hydrogen) atoms. The van der Waals surface area contributed by atoms with Gasteiger partial charge in [-0.3, -0.25) is 9.09 Å². The molecule has 0 heterocycles. The first kappa shape index (κ1) is 28.9. The molecule has 0 saturated heterocycles. The van der Waals surface area contributed by atoms with Crippen LogP contribution in [0, 0.1) is 0 Å². The molecule has 2 nitrogen and oxygen atoms in total. The van der Waals surface area contributed by atoms with E-state index in [1.54, 1.807) is 4.52 Å². The van der Waals surface area contributed by atoms with E-state index in [2.05, 4.69) is 0 Å². The van der Waals surface area contributed by atoms with Crippen molar-refractivity contribution in [2.45, 2.75) is 48.3 Å². The molecule has 21 heteroatoms. The molecule has 0 fully saturated rings. The molecule has 0 aromatic carbocycles. The Labute approximate surface area is 151 Å². The second-order valence-electron chi connectivity index (χ2n) is 5.18. The van der Waals surface area contributed by atoms with Crippen molar-refractivity contribution in [3.8, 4) is 0 Å². The molecule has 0 bridgehead atoms. The quantitative estimate of drug-likeness (QED) is 0.263. The third kappa shape index (κ3) is 4.72. The summed E-state index contributed by atoms with van der Waals surface area (Å²) in [5.74, 6) is -22.4. The summed E-state index contributed by atoms with van der Waals surface area (Å²) in [5, 5.41) is 0. The molecule has 0 aliphatic heterocycles. The average molecular weight is 516 g/mol. The van der Waals surface area contributed by atoms with E-state index >= 15 is 0 Å². The van der Waals surface area contributed by atoms with Crippen molar-refractivity contribution >= 4 is 7.37 Å². The van der Waals surface area contributed by atoms with Crippen molar-refractivity contribution in [3.63, 3.8) is 0 Å². The standard InChI is InChI=1S/C9H3F18O2P/c10-2(11)4(14,15)5(16,17)3(12,13)1-30(28,9(26,27)7(21,22)23)29-8(24,25)6(18,19)20/h2H,1H2. The van der Waals surface area contributed by atoms with Gasteiger partial charge in [-0.05, 0) is 0 Å². The minimum atomic E-state index is -8.82. The normalized spacial score (nSPS) is 18.0. The molecule has 0 N–H and O–H groups in total. The molecule has 0 aliphatic rings. The van der Waals surface area contributed by atoms with E-state index in [0.717, 1.165) is 0 Å². The fourth-order valence-corrected chi connectivity index (χ4v) is 3.32. The van der Waals surface area contributed by atoms with Gasteiger partial charge in [0.2, 0.25) is 0 Å².